The predicted molar refractivity (Wildman–Crippen MR) is 194 cm³/mol. The van der Waals surface area contributed by atoms with Crippen LogP contribution in [0.5, 0.6) is 5.75 Å². The second-order valence-electron chi connectivity index (χ2n) is 14.8. The van der Waals surface area contributed by atoms with Crippen molar-refractivity contribution in [1.82, 2.24) is 15.1 Å². The number of alkyl carbamates (subject to hydrolysis) is 1. The molecule has 0 saturated carbocycles. The van der Waals surface area contributed by atoms with Crippen LogP contribution in [0.1, 0.15) is 58.1 Å². The molecule has 8 atom stereocenters. The third-order valence-corrected chi connectivity index (χ3v) is 10.6. The Morgan fingerprint density at radius 1 is 1.17 bits per heavy atom. The number of methoxy groups -OCH3 is 2. The molecule has 14 nitrogen and oxygen atoms in total. The van der Waals surface area contributed by atoms with E-state index in [1.807, 2.05) is 58.0 Å². The SMILES string of the molecule is COc1cc2cc(c1C)N(C)C(=O)C[C@H](OC(=O)[C@H](C)N(C)C(=O)CCN(C)C)[C@]1(C)O[C@H]1[C@H](C)[C@@H]1C[C@@](O)(NC(=O)O1)[C@H](OC)/C=C/C=C(\C)C2. The summed E-state index contributed by atoms with van der Waals surface area (Å²) in [7, 11) is 9.95. The van der Waals surface area contributed by atoms with E-state index >= 15 is 0 Å². The number of ether oxygens (including phenoxy) is 5. The van der Waals surface area contributed by atoms with E-state index in [1.165, 1.54) is 16.9 Å². The Hall–Kier alpha value is -3.98. The lowest BCUT2D eigenvalue weighted by Gasteiger charge is -2.42. The number of hydrogen-bond acceptors (Lipinski definition) is 11. The molecule has 0 aliphatic carbocycles. The highest BCUT2D eigenvalue weighted by atomic mass is 16.7. The first-order valence-electron chi connectivity index (χ1n) is 17.7. The van der Waals surface area contributed by atoms with Crippen molar-refractivity contribution in [3.05, 3.63) is 47.1 Å². The summed E-state index contributed by atoms with van der Waals surface area (Å²) in [5, 5.41) is 14.3. The van der Waals surface area contributed by atoms with E-state index in [2.05, 4.69) is 5.32 Å². The van der Waals surface area contributed by atoms with Crippen LogP contribution in [0.3, 0.4) is 0 Å². The minimum atomic E-state index is -1.81. The summed E-state index contributed by atoms with van der Waals surface area (Å²) in [6, 6.07) is 2.91. The average molecular weight is 729 g/mol. The molecule has 2 saturated heterocycles. The number of rotatable bonds is 8. The Balaban J connectivity index is 1.75. The second kappa shape index (κ2) is 16.4. The van der Waals surface area contributed by atoms with Crippen LogP contribution in [0, 0.1) is 12.8 Å². The van der Waals surface area contributed by atoms with E-state index in [-0.39, 0.29) is 31.1 Å². The smallest absolute Gasteiger partial charge is 0.409 e. The summed E-state index contributed by atoms with van der Waals surface area (Å²) in [6.45, 7) is 9.49. The minimum absolute atomic E-state index is 0.0324. The van der Waals surface area contributed by atoms with Crippen LogP contribution in [0.15, 0.2) is 35.9 Å². The van der Waals surface area contributed by atoms with Crippen LogP contribution in [-0.4, -0.2) is 130 Å². The topological polar surface area (TPSA) is 160 Å². The lowest BCUT2D eigenvalue weighted by Crippen LogP contribution is -2.63. The van der Waals surface area contributed by atoms with E-state index in [1.54, 1.807) is 47.2 Å². The number of epoxide rings is 1. The maximum absolute atomic E-state index is 14.2. The number of carbonyl (C=O) groups is 4. The molecule has 2 fully saturated rings. The molecule has 0 radical (unpaired) electrons. The highest BCUT2D eigenvalue weighted by molar-refractivity contribution is 5.95. The van der Waals surface area contributed by atoms with E-state index in [0.717, 1.165) is 16.7 Å². The average Bonchev–Trinajstić information content (AvgIpc) is 3.79. The van der Waals surface area contributed by atoms with Gasteiger partial charge >= 0.3 is 12.1 Å². The van der Waals surface area contributed by atoms with Crippen molar-refractivity contribution in [2.24, 2.45) is 5.92 Å². The first-order chi connectivity index (χ1) is 24.3. The highest BCUT2D eigenvalue weighted by Gasteiger charge is 2.64. The molecule has 4 bridgehead atoms. The van der Waals surface area contributed by atoms with Gasteiger partial charge in [0.15, 0.2) is 5.72 Å². The number of allylic oxidation sites excluding steroid dienone is 3. The third-order valence-electron chi connectivity index (χ3n) is 10.6. The van der Waals surface area contributed by atoms with E-state index in [0.29, 0.717) is 24.4 Å². The minimum Gasteiger partial charge on any atom is -0.496 e. The lowest BCUT2D eigenvalue weighted by atomic mass is 9.83. The van der Waals surface area contributed by atoms with Crippen LogP contribution in [-0.2, 0) is 39.8 Å². The van der Waals surface area contributed by atoms with Crippen molar-refractivity contribution < 1.29 is 48.0 Å². The molecule has 14 heteroatoms. The normalized spacial score (nSPS) is 31.7. The molecule has 3 aliphatic rings. The van der Waals surface area contributed by atoms with Gasteiger partial charge in [-0.25, -0.2) is 9.59 Å². The molecule has 2 N–H and O–H groups in total. The van der Waals surface area contributed by atoms with Crippen LogP contribution in [0.25, 0.3) is 0 Å². The predicted octanol–water partition coefficient (Wildman–Crippen LogP) is 3.12. The molecule has 0 aromatic heterocycles. The highest BCUT2D eigenvalue weighted by Crippen LogP contribution is 2.49. The number of amides is 3. The van der Waals surface area contributed by atoms with Gasteiger partial charge in [-0.05, 0) is 65.9 Å². The molecule has 3 amide bonds. The molecule has 288 valence electrons. The van der Waals surface area contributed by atoms with Gasteiger partial charge in [0.25, 0.3) is 0 Å². The summed E-state index contributed by atoms with van der Waals surface area (Å²) in [5.41, 5.74) is 0.272. The third kappa shape index (κ3) is 8.96. The summed E-state index contributed by atoms with van der Waals surface area (Å²) >= 11 is 0. The number of fused-ring (bicyclic) bond motifs is 5. The second-order valence-corrected chi connectivity index (χ2v) is 14.8. The monoisotopic (exact) mass is 728 g/mol. The molecule has 3 aliphatic heterocycles. The summed E-state index contributed by atoms with van der Waals surface area (Å²) in [4.78, 5) is 58.4. The van der Waals surface area contributed by atoms with Crippen LogP contribution in [0.2, 0.25) is 0 Å². The van der Waals surface area contributed by atoms with Gasteiger partial charge in [0.1, 0.15) is 35.7 Å². The summed E-state index contributed by atoms with van der Waals surface area (Å²) in [5.74, 6) is -1.16. The van der Waals surface area contributed by atoms with Gasteiger partial charge in [-0.15, -0.1) is 0 Å². The van der Waals surface area contributed by atoms with Crippen molar-refractivity contribution >= 4 is 29.6 Å². The Kier molecular flexibility index (Phi) is 12.8. The fourth-order valence-corrected chi connectivity index (χ4v) is 6.97. The van der Waals surface area contributed by atoms with Crippen LogP contribution >= 0.6 is 0 Å². The van der Waals surface area contributed by atoms with Gasteiger partial charge in [0, 0.05) is 52.1 Å². The van der Waals surface area contributed by atoms with Gasteiger partial charge in [-0.3, -0.25) is 14.9 Å². The van der Waals surface area contributed by atoms with Crippen molar-refractivity contribution in [3.63, 3.8) is 0 Å². The summed E-state index contributed by atoms with van der Waals surface area (Å²) < 4.78 is 29.4. The summed E-state index contributed by atoms with van der Waals surface area (Å²) in [6.07, 6.45) is 1.52. The van der Waals surface area contributed by atoms with E-state index in [9.17, 15) is 24.3 Å². The molecule has 3 heterocycles. The number of likely N-dealkylation sites (N-methyl/N-ethyl adjacent to an activating group) is 1. The zero-order valence-electron chi connectivity index (χ0n) is 32.3. The maximum atomic E-state index is 14.2. The largest absolute Gasteiger partial charge is 0.496 e. The van der Waals surface area contributed by atoms with Crippen molar-refractivity contribution in [1.29, 1.82) is 0 Å². The molecule has 1 aromatic carbocycles. The van der Waals surface area contributed by atoms with Crippen LogP contribution in [0.4, 0.5) is 10.5 Å². The van der Waals surface area contributed by atoms with E-state index in [4.69, 9.17) is 23.7 Å². The number of carbonyl (C=O) groups excluding carboxylic acids is 4. The zero-order valence-corrected chi connectivity index (χ0v) is 32.3. The van der Waals surface area contributed by atoms with Gasteiger partial charge in [-0.2, -0.15) is 0 Å². The number of nitrogens with one attached hydrogen (secondary N) is 1. The Morgan fingerprint density at radius 3 is 2.50 bits per heavy atom. The Labute approximate surface area is 307 Å². The van der Waals surface area contributed by atoms with E-state index < -0.39 is 59.8 Å². The molecular formula is C38H56N4O10. The van der Waals surface area contributed by atoms with Crippen molar-refractivity contribution in [2.75, 3.05) is 53.9 Å². The number of aliphatic hydroxyl groups is 1. The molecule has 0 unspecified atom stereocenters. The molecule has 52 heavy (non-hydrogen) atoms. The fourth-order valence-electron chi connectivity index (χ4n) is 6.97. The maximum Gasteiger partial charge on any atom is 0.409 e. The first kappa shape index (κ1) is 40.8. The number of benzene rings is 1. The van der Waals surface area contributed by atoms with Gasteiger partial charge in [0.05, 0.1) is 25.3 Å². The van der Waals surface area contributed by atoms with Crippen molar-refractivity contribution in [2.45, 2.75) is 102 Å². The fraction of sp³-hybridized carbons (Fsp3) is 0.632. The molecule has 1 aromatic rings. The van der Waals surface area contributed by atoms with Crippen LogP contribution < -0.4 is 15.0 Å². The van der Waals surface area contributed by atoms with Crippen molar-refractivity contribution in [3.8, 4) is 5.75 Å². The zero-order chi connectivity index (χ0) is 38.7. The standard InChI is InChI=1S/C38H56N4O10/c1-22-13-12-14-30(49-11)38(47)21-29(50-36(46)39-38)24(3)34-37(5,52-34)31(51-35(45)25(4)41(8)32(43)15-16-40(6)7)20-33(44)42(9)27-18-26(17-22)19-28(48-10)23(27)2/h12-14,18-19,24-25,29-31,34,47H,15-17,20-21H2,1-11H3,(H,39,46)/b14-12+,22-13+/t24-,25+,29+,30-,31+,34+,37+,38+/m1/s1. The number of esters is 1. The Morgan fingerprint density at radius 2 is 1.87 bits per heavy atom. The lowest BCUT2D eigenvalue weighted by molar-refractivity contribution is -0.162. The quantitative estimate of drug-likeness (QED) is 0.299. The van der Waals surface area contributed by atoms with Gasteiger partial charge in [0.2, 0.25) is 11.8 Å². The molecule has 4 rings (SSSR count). The molecular weight excluding hydrogens is 672 g/mol. The molecule has 0 spiro atoms. The number of anilines is 1. The Bertz CT molecular complexity index is 1580. The van der Waals surface area contributed by atoms with Gasteiger partial charge in [-0.1, -0.05) is 30.7 Å². The number of hydrogen-bond donors (Lipinski definition) is 2. The first-order valence-corrected chi connectivity index (χ1v) is 17.7. The van der Waals surface area contributed by atoms with Gasteiger partial charge < -0.3 is 43.5 Å². The number of nitrogens with zero attached hydrogens (tertiary/aromatic N) is 3.